The van der Waals surface area contributed by atoms with Crippen LogP contribution < -0.4 is 10.6 Å². The van der Waals surface area contributed by atoms with Crippen LogP contribution in [0.25, 0.3) is 0 Å². The Kier molecular flexibility index (Phi) is 8.49. The summed E-state index contributed by atoms with van der Waals surface area (Å²) in [6.07, 6.45) is 3.43. The maximum Gasteiger partial charge on any atom is 0.268 e. The van der Waals surface area contributed by atoms with Crippen LogP contribution in [-0.2, 0) is 22.5 Å². The minimum atomic E-state index is -0.679. The fraction of sp³-hybridized carbons (Fsp3) is 0.552. The molecule has 0 bridgehead atoms. The van der Waals surface area contributed by atoms with Gasteiger partial charge in [0, 0.05) is 43.0 Å². The van der Waals surface area contributed by atoms with Crippen LogP contribution in [0, 0.1) is 12.3 Å². The molecule has 3 N–H and O–H groups in total. The van der Waals surface area contributed by atoms with E-state index in [0.29, 0.717) is 41.8 Å². The number of hydrogen-bond donors (Lipinski definition) is 3. The largest absolute Gasteiger partial charge is 0.379 e. The van der Waals surface area contributed by atoms with Gasteiger partial charge in [0.2, 0.25) is 5.91 Å². The second-order valence-electron chi connectivity index (χ2n) is 11.2. The number of morpholine rings is 1. The number of aromatic nitrogens is 1. The smallest absolute Gasteiger partial charge is 0.268 e. The molecule has 1 aliphatic heterocycles. The van der Waals surface area contributed by atoms with Crippen LogP contribution in [0.1, 0.15) is 84.1 Å². The zero-order chi connectivity index (χ0) is 26.6. The van der Waals surface area contributed by atoms with Crippen LogP contribution in [0.5, 0.6) is 0 Å². The van der Waals surface area contributed by atoms with Crippen molar-refractivity contribution in [2.45, 2.75) is 72.4 Å². The summed E-state index contributed by atoms with van der Waals surface area (Å²) in [6, 6.07) is 7.18. The molecule has 0 saturated carbocycles. The van der Waals surface area contributed by atoms with Gasteiger partial charge in [0.1, 0.15) is 11.7 Å². The monoisotopic (exact) mass is 508 g/mol. The molecule has 0 radical (unpaired) electrons. The van der Waals surface area contributed by atoms with Crippen LogP contribution >= 0.6 is 0 Å². The Morgan fingerprint density at radius 1 is 1.19 bits per heavy atom. The van der Waals surface area contributed by atoms with Crippen LogP contribution in [0.15, 0.2) is 24.3 Å². The van der Waals surface area contributed by atoms with E-state index in [0.717, 1.165) is 56.9 Å². The summed E-state index contributed by atoms with van der Waals surface area (Å²) >= 11 is 0. The molecular weight excluding hydrogens is 468 g/mol. The first-order valence-electron chi connectivity index (χ1n) is 13.4. The van der Waals surface area contributed by atoms with Gasteiger partial charge in [-0.1, -0.05) is 45.7 Å². The molecule has 4 rings (SSSR count). The molecule has 1 fully saturated rings. The molecule has 37 heavy (non-hydrogen) atoms. The van der Waals surface area contributed by atoms with Crippen LogP contribution in [0.4, 0.5) is 5.69 Å². The molecule has 200 valence electrons. The predicted molar refractivity (Wildman–Crippen MR) is 144 cm³/mol. The Morgan fingerprint density at radius 3 is 2.68 bits per heavy atom. The maximum atomic E-state index is 13.3. The van der Waals surface area contributed by atoms with Gasteiger partial charge in [-0.2, -0.15) is 0 Å². The van der Waals surface area contributed by atoms with E-state index in [9.17, 15) is 14.4 Å². The number of hydrogen-bond acceptors (Lipinski definition) is 5. The summed E-state index contributed by atoms with van der Waals surface area (Å²) in [5, 5.41) is 5.94. The molecule has 8 heteroatoms. The molecule has 1 atom stereocenters. The number of carbonyl (C=O) groups excluding carboxylic acids is 3. The number of aromatic amines is 1. The van der Waals surface area contributed by atoms with Crippen molar-refractivity contribution in [1.29, 1.82) is 0 Å². The number of nitrogens with one attached hydrogen (secondary N) is 3. The van der Waals surface area contributed by atoms with Gasteiger partial charge in [-0.25, -0.2) is 0 Å². The molecule has 2 aromatic rings. The van der Waals surface area contributed by atoms with Gasteiger partial charge < -0.3 is 20.4 Å². The van der Waals surface area contributed by atoms with Gasteiger partial charge in [-0.15, -0.1) is 0 Å². The van der Waals surface area contributed by atoms with E-state index in [4.69, 9.17) is 4.74 Å². The highest BCUT2D eigenvalue weighted by Gasteiger charge is 2.35. The Morgan fingerprint density at radius 2 is 1.95 bits per heavy atom. The van der Waals surface area contributed by atoms with Crippen LogP contribution in [0.2, 0.25) is 0 Å². The first kappa shape index (κ1) is 27.1. The van der Waals surface area contributed by atoms with Crippen molar-refractivity contribution < 1.29 is 19.1 Å². The Labute approximate surface area is 219 Å². The number of carbonyl (C=O) groups is 3. The summed E-state index contributed by atoms with van der Waals surface area (Å²) in [5.41, 5.74) is 4.18. The minimum Gasteiger partial charge on any atom is -0.379 e. The zero-order valence-electron chi connectivity index (χ0n) is 22.5. The van der Waals surface area contributed by atoms with Gasteiger partial charge in [-0.3, -0.25) is 19.3 Å². The second kappa shape index (κ2) is 11.6. The molecular formula is C29H40N4O4. The first-order chi connectivity index (χ1) is 17.7. The first-order valence-corrected chi connectivity index (χ1v) is 13.4. The topological polar surface area (TPSA) is 104 Å². The quantitative estimate of drug-likeness (QED) is 0.470. The van der Waals surface area contributed by atoms with E-state index in [2.05, 4.69) is 47.4 Å². The number of unbranched alkanes of at least 4 members (excludes halogenated alkanes) is 1. The van der Waals surface area contributed by atoms with Gasteiger partial charge in [0.05, 0.1) is 13.2 Å². The number of ketones is 1. The molecule has 1 aromatic heterocycles. The SMILES string of the molecule is CCCCC(NC(=O)c1[nH]c2c(c1C)C(=O)CC(C)(C)C2)C(=O)Nc1cccc(CN2CCOCC2)c1. The van der Waals surface area contributed by atoms with Crippen molar-refractivity contribution in [1.82, 2.24) is 15.2 Å². The lowest BCUT2D eigenvalue weighted by molar-refractivity contribution is -0.118. The third kappa shape index (κ3) is 6.67. The van der Waals surface area contributed by atoms with Crippen molar-refractivity contribution >= 4 is 23.3 Å². The van der Waals surface area contributed by atoms with Crippen molar-refractivity contribution in [2.75, 3.05) is 31.6 Å². The van der Waals surface area contributed by atoms with Gasteiger partial charge in [0.25, 0.3) is 5.91 Å². The zero-order valence-corrected chi connectivity index (χ0v) is 22.5. The van der Waals surface area contributed by atoms with Crippen LogP contribution in [0.3, 0.4) is 0 Å². The van der Waals surface area contributed by atoms with E-state index >= 15 is 0 Å². The number of fused-ring (bicyclic) bond motifs is 1. The lowest BCUT2D eigenvalue weighted by atomic mass is 9.75. The van der Waals surface area contributed by atoms with E-state index < -0.39 is 6.04 Å². The molecule has 8 nitrogen and oxygen atoms in total. The fourth-order valence-electron chi connectivity index (χ4n) is 5.36. The number of anilines is 1. The van der Waals surface area contributed by atoms with Crippen molar-refractivity contribution in [3.63, 3.8) is 0 Å². The lowest BCUT2D eigenvalue weighted by Gasteiger charge is -2.28. The third-order valence-electron chi connectivity index (χ3n) is 7.30. The van der Waals surface area contributed by atoms with E-state index in [1.165, 1.54) is 0 Å². The summed E-state index contributed by atoms with van der Waals surface area (Å²) < 4.78 is 5.43. The molecule has 1 aromatic carbocycles. The predicted octanol–water partition coefficient (Wildman–Crippen LogP) is 4.24. The number of benzene rings is 1. The standard InChI is InChI=1S/C29H40N4O4/c1-5-6-10-22(27(35)30-21-9-7-8-20(15-21)18-33-11-13-37-14-12-33)32-28(36)26-19(2)25-23(31-26)16-29(3,4)17-24(25)34/h7-9,15,22,31H,5-6,10-14,16-18H2,1-4H3,(H,30,35)(H,32,36). The van der Waals surface area contributed by atoms with E-state index in [1.807, 2.05) is 25.1 Å². The lowest BCUT2D eigenvalue weighted by Crippen LogP contribution is -2.44. The number of nitrogens with zero attached hydrogens (tertiary/aromatic N) is 1. The Hall–Kier alpha value is -2.97. The number of amides is 2. The molecule has 1 saturated heterocycles. The average Bonchev–Trinajstić information content (AvgIpc) is 3.17. The maximum absolute atomic E-state index is 13.3. The van der Waals surface area contributed by atoms with Gasteiger partial charge >= 0.3 is 0 Å². The minimum absolute atomic E-state index is 0.0660. The van der Waals surface area contributed by atoms with E-state index in [1.54, 1.807) is 0 Å². The van der Waals surface area contributed by atoms with Crippen molar-refractivity contribution in [3.05, 3.63) is 52.3 Å². The Bertz CT molecular complexity index is 1150. The number of H-pyrrole nitrogens is 1. The number of ether oxygens (including phenoxy) is 1. The summed E-state index contributed by atoms with van der Waals surface area (Å²) in [5.74, 6) is -0.525. The van der Waals surface area contributed by atoms with Crippen molar-refractivity contribution in [2.24, 2.45) is 5.41 Å². The normalized spacial score (nSPS) is 18.2. The summed E-state index contributed by atoms with van der Waals surface area (Å²) in [7, 11) is 0. The third-order valence-corrected chi connectivity index (χ3v) is 7.30. The molecule has 0 spiro atoms. The Balaban J connectivity index is 1.46. The fourth-order valence-corrected chi connectivity index (χ4v) is 5.36. The molecule has 2 aliphatic rings. The van der Waals surface area contributed by atoms with E-state index in [-0.39, 0.29) is 23.0 Å². The molecule has 1 unspecified atom stereocenters. The van der Waals surface area contributed by atoms with Gasteiger partial charge in [0.15, 0.2) is 5.78 Å². The van der Waals surface area contributed by atoms with Gasteiger partial charge in [-0.05, 0) is 48.4 Å². The summed E-state index contributed by atoms with van der Waals surface area (Å²) in [4.78, 5) is 44.9. The number of Topliss-reactive ketones (excluding diaryl/α,β-unsaturated/α-hetero) is 1. The molecule has 2 heterocycles. The molecule has 2 amide bonds. The number of rotatable bonds is 9. The average molecular weight is 509 g/mol. The molecule has 1 aliphatic carbocycles. The van der Waals surface area contributed by atoms with Crippen molar-refractivity contribution in [3.8, 4) is 0 Å². The highest BCUT2D eigenvalue weighted by Crippen LogP contribution is 2.36. The summed E-state index contributed by atoms with van der Waals surface area (Å²) in [6.45, 7) is 12.1. The van der Waals surface area contributed by atoms with Crippen LogP contribution in [-0.4, -0.2) is 59.8 Å². The highest BCUT2D eigenvalue weighted by atomic mass is 16.5. The second-order valence-corrected chi connectivity index (χ2v) is 11.2. The highest BCUT2D eigenvalue weighted by molar-refractivity contribution is 6.06.